The highest BCUT2D eigenvalue weighted by atomic mass is 32.1. The number of urea groups is 1. The minimum Gasteiger partial charge on any atom is -0.481 e. The van der Waals surface area contributed by atoms with Crippen molar-refractivity contribution in [1.82, 2.24) is 20.7 Å². The quantitative estimate of drug-likeness (QED) is 0.590. The Hall–Kier alpha value is -3.47. The van der Waals surface area contributed by atoms with E-state index in [1.807, 2.05) is 0 Å². The van der Waals surface area contributed by atoms with E-state index in [-0.39, 0.29) is 6.42 Å². The van der Waals surface area contributed by atoms with Crippen LogP contribution in [0.5, 0.6) is 0 Å². The van der Waals surface area contributed by atoms with Gasteiger partial charge in [0.1, 0.15) is 5.76 Å². The third-order valence-electron chi connectivity index (χ3n) is 4.55. The van der Waals surface area contributed by atoms with Crippen LogP contribution in [0.15, 0.2) is 28.9 Å². The van der Waals surface area contributed by atoms with Crippen LogP contribution in [0.25, 0.3) is 10.4 Å². The lowest BCUT2D eigenvalue weighted by molar-refractivity contribution is -0.138. The molecule has 30 heavy (non-hydrogen) atoms. The highest BCUT2D eigenvalue weighted by Crippen LogP contribution is 2.36. The van der Waals surface area contributed by atoms with Crippen molar-refractivity contribution in [3.05, 3.63) is 40.7 Å². The standard InChI is InChI=1S/C19H20N4O6S/c1-9-16(10(2)29-22-9)14-5-4-13(30-14)11(8-15(25)26)20-19(28)21-17-12(24)6-7-23(3)18(17)27/h4-7,11,17H,8H2,1-3H3,(H,25,26)(H2,20,21,28). The Morgan fingerprint density at radius 3 is 2.70 bits per heavy atom. The predicted octanol–water partition coefficient (Wildman–Crippen LogP) is 1.76. The maximum atomic E-state index is 12.4. The van der Waals surface area contributed by atoms with Gasteiger partial charge in [-0.2, -0.15) is 0 Å². The van der Waals surface area contributed by atoms with Crippen LogP contribution < -0.4 is 10.6 Å². The van der Waals surface area contributed by atoms with Crippen LogP contribution in [-0.4, -0.2) is 51.9 Å². The van der Waals surface area contributed by atoms with Gasteiger partial charge in [0, 0.05) is 29.1 Å². The van der Waals surface area contributed by atoms with Crippen LogP contribution in [0.3, 0.4) is 0 Å². The highest BCUT2D eigenvalue weighted by Gasteiger charge is 2.32. The summed E-state index contributed by atoms with van der Waals surface area (Å²) in [6, 6.07) is 0.488. The lowest BCUT2D eigenvalue weighted by atomic mass is 10.1. The Morgan fingerprint density at radius 1 is 1.33 bits per heavy atom. The molecular formula is C19H20N4O6S. The smallest absolute Gasteiger partial charge is 0.316 e. The zero-order chi connectivity index (χ0) is 22.0. The lowest BCUT2D eigenvalue weighted by Gasteiger charge is -2.25. The van der Waals surface area contributed by atoms with Gasteiger partial charge in [0.15, 0.2) is 11.8 Å². The molecule has 2 atom stereocenters. The second-order valence-corrected chi connectivity index (χ2v) is 7.89. The van der Waals surface area contributed by atoms with Crippen LogP contribution in [0.2, 0.25) is 0 Å². The molecule has 1 aliphatic heterocycles. The van der Waals surface area contributed by atoms with Crippen molar-refractivity contribution in [1.29, 1.82) is 0 Å². The zero-order valence-corrected chi connectivity index (χ0v) is 17.3. The molecule has 0 saturated heterocycles. The molecule has 3 rings (SSSR count). The number of aryl methyl sites for hydroxylation is 2. The van der Waals surface area contributed by atoms with Crippen LogP contribution in [0.1, 0.15) is 28.8 Å². The molecule has 11 heteroatoms. The van der Waals surface area contributed by atoms with E-state index in [9.17, 15) is 24.3 Å². The number of nitrogens with zero attached hydrogens (tertiary/aromatic N) is 2. The number of hydrogen-bond donors (Lipinski definition) is 3. The van der Waals surface area contributed by atoms with E-state index >= 15 is 0 Å². The summed E-state index contributed by atoms with van der Waals surface area (Å²) < 4.78 is 5.17. The lowest BCUT2D eigenvalue weighted by Crippen LogP contribution is -2.55. The van der Waals surface area contributed by atoms with E-state index in [4.69, 9.17) is 4.52 Å². The van der Waals surface area contributed by atoms with Gasteiger partial charge >= 0.3 is 12.0 Å². The Morgan fingerprint density at radius 2 is 2.07 bits per heavy atom. The van der Waals surface area contributed by atoms with Crippen molar-refractivity contribution in [3.63, 3.8) is 0 Å². The molecule has 3 amide bonds. The van der Waals surface area contributed by atoms with E-state index in [1.54, 1.807) is 26.0 Å². The number of carboxylic acid groups (broad SMARTS) is 1. The molecule has 2 unspecified atom stereocenters. The number of nitrogens with one attached hydrogen (secondary N) is 2. The van der Waals surface area contributed by atoms with Crippen molar-refractivity contribution in [2.75, 3.05) is 7.05 Å². The number of aliphatic carboxylic acids is 1. The first-order valence-corrected chi connectivity index (χ1v) is 9.79. The van der Waals surface area contributed by atoms with Crippen LogP contribution >= 0.6 is 11.3 Å². The van der Waals surface area contributed by atoms with Gasteiger partial charge in [0.25, 0.3) is 5.91 Å². The molecule has 0 fully saturated rings. The fraction of sp³-hybridized carbons (Fsp3) is 0.316. The summed E-state index contributed by atoms with van der Waals surface area (Å²) in [6.07, 6.45) is 2.13. The SMILES string of the molecule is Cc1noc(C)c1-c1ccc(C(CC(=O)O)NC(=O)NC2C(=O)C=CN(C)C2=O)s1. The second kappa shape index (κ2) is 8.49. The minimum atomic E-state index is -1.35. The van der Waals surface area contributed by atoms with Gasteiger partial charge in [0.2, 0.25) is 0 Å². The number of thiophene rings is 1. The fourth-order valence-electron chi connectivity index (χ4n) is 3.05. The molecule has 158 valence electrons. The van der Waals surface area contributed by atoms with E-state index in [1.165, 1.54) is 35.6 Å². The topological polar surface area (TPSA) is 142 Å². The number of hydrogen-bond acceptors (Lipinski definition) is 7. The first-order valence-electron chi connectivity index (χ1n) is 8.98. The van der Waals surface area contributed by atoms with Crippen molar-refractivity contribution in [3.8, 4) is 10.4 Å². The molecule has 0 radical (unpaired) electrons. The molecule has 1 aliphatic rings. The van der Waals surface area contributed by atoms with Gasteiger partial charge in [-0.3, -0.25) is 14.4 Å². The molecule has 0 aliphatic carbocycles. The summed E-state index contributed by atoms with van der Waals surface area (Å²) in [5, 5.41) is 18.0. The Bertz CT molecular complexity index is 1020. The maximum absolute atomic E-state index is 12.4. The predicted molar refractivity (Wildman–Crippen MR) is 107 cm³/mol. The summed E-state index contributed by atoms with van der Waals surface area (Å²) in [5.74, 6) is -1.61. The molecule has 0 spiro atoms. The van der Waals surface area contributed by atoms with E-state index < -0.39 is 35.8 Å². The Labute approximate surface area is 175 Å². The number of carboxylic acids is 1. The minimum absolute atomic E-state index is 0.374. The van der Waals surface area contributed by atoms with E-state index in [0.29, 0.717) is 16.3 Å². The van der Waals surface area contributed by atoms with Gasteiger partial charge in [-0.1, -0.05) is 5.16 Å². The normalized spacial score (nSPS) is 17.2. The van der Waals surface area contributed by atoms with Gasteiger partial charge < -0.3 is 25.2 Å². The van der Waals surface area contributed by atoms with E-state index in [0.717, 1.165) is 10.4 Å². The molecule has 0 aromatic carbocycles. The van der Waals surface area contributed by atoms with Gasteiger partial charge in [-0.15, -0.1) is 11.3 Å². The number of likely N-dealkylation sites (N-methyl/N-ethyl adjacent to an activating group) is 1. The van der Waals surface area contributed by atoms with Gasteiger partial charge in [-0.25, -0.2) is 4.79 Å². The van der Waals surface area contributed by atoms with Gasteiger partial charge in [-0.05, 0) is 26.0 Å². The molecule has 0 bridgehead atoms. The van der Waals surface area contributed by atoms with Crippen molar-refractivity contribution in [2.45, 2.75) is 32.4 Å². The summed E-state index contributed by atoms with van der Waals surface area (Å²) >= 11 is 1.30. The Balaban J connectivity index is 1.78. The average Bonchev–Trinajstić information content (AvgIpc) is 3.27. The van der Waals surface area contributed by atoms with Crippen molar-refractivity contribution >= 4 is 35.0 Å². The highest BCUT2D eigenvalue weighted by molar-refractivity contribution is 7.15. The van der Waals surface area contributed by atoms with Crippen molar-refractivity contribution in [2.24, 2.45) is 0 Å². The number of carbonyl (C=O) groups is 4. The molecule has 3 N–H and O–H groups in total. The number of rotatable bonds is 6. The van der Waals surface area contributed by atoms with Gasteiger partial charge in [0.05, 0.1) is 23.7 Å². The number of aromatic nitrogens is 1. The molecular weight excluding hydrogens is 412 g/mol. The Kier molecular flexibility index (Phi) is 6.01. The third-order valence-corrected chi connectivity index (χ3v) is 5.77. The third kappa shape index (κ3) is 4.40. The monoisotopic (exact) mass is 432 g/mol. The molecule has 2 aromatic heterocycles. The fourth-order valence-corrected chi connectivity index (χ4v) is 4.25. The summed E-state index contributed by atoms with van der Waals surface area (Å²) in [6.45, 7) is 3.58. The summed E-state index contributed by atoms with van der Waals surface area (Å²) in [5.41, 5.74) is 1.52. The summed E-state index contributed by atoms with van der Waals surface area (Å²) in [4.78, 5) is 50.4. The van der Waals surface area contributed by atoms with Crippen LogP contribution in [0.4, 0.5) is 4.79 Å². The number of amides is 3. The molecule has 2 aromatic rings. The molecule has 3 heterocycles. The molecule has 10 nitrogen and oxygen atoms in total. The van der Waals surface area contributed by atoms with Crippen LogP contribution in [-0.2, 0) is 14.4 Å². The van der Waals surface area contributed by atoms with Crippen LogP contribution in [0, 0.1) is 13.8 Å². The first kappa shape index (κ1) is 21.2. The largest absolute Gasteiger partial charge is 0.481 e. The number of ketones is 1. The van der Waals surface area contributed by atoms with Crippen molar-refractivity contribution < 1.29 is 28.8 Å². The maximum Gasteiger partial charge on any atom is 0.316 e. The van der Waals surface area contributed by atoms with E-state index in [2.05, 4.69) is 15.8 Å². The number of carbonyl (C=O) groups excluding carboxylic acids is 3. The molecule has 0 saturated carbocycles. The first-order chi connectivity index (χ1) is 14.2. The summed E-state index contributed by atoms with van der Waals surface area (Å²) in [7, 11) is 1.47. The second-order valence-electron chi connectivity index (χ2n) is 6.77. The average molecular weight is 432 g/mol. The zero-order valence-electron chi connectivity index (χ0n) is 16.5.